The highest BCUT2D eigenvalue weighted by Gasteiger charge is 2.26. The van der Waals surface area contributed by atoms with Crippen molar-refractivity contribution in [3.8, 4) is 0 Å². The van der Waals surface area contributed by atoms with Crippen molar-refractivity contribution < 1.29 is 9.18 Å². The standard InChI is InChI=1S/C19H20ClFN2O/c1-19(2,10-12-6-8-13(21)9-7-12)23-18(24)15-11-22-16-5-3-4-14(16)17(15)20/h6-9,11H,3-5,10H2,1-2H3,(H,23,24). The Morgan fingerprint density at radius 2 is 2.00 bits per heavy atom. The summed E-state index contributed by atoms with van der Waals surface area (Å²) in [7, 11) is 0. The Morgan fingerprint density at radius 3 is 2.71 bits per heavy atom. The van der Waals surface area contributed by atoms with Crippen LogP contribution in [-0.4, -0.2) is 16.4 Å². The average Bonchev–Trinajstić information content (AvgIpc) is 2.98. The van der Waals surface area contributed by atoms with Gasteiger partial charge >= 0.3 is 0 Å². The summed E-state index contributed by atoms with van der Waals surface area (Å²) in [5.74, 6) is -0.495. The lowest BCUT2D eigenvalue weighted by Gasteiger charge is -2.27. The highest BCUT2D eigenvalue weighted by Crippen LogP contribution is 2.30. The van der Waals surface area contributed by atoms with Gasteiger partial charge in [0, 0.05) is 17.4 Å². The summed E-state index contributed by atoms with van der Waals surface area (Å²) in [5, 5.41) is 3.53. The zero-order chi connectivity index (χ0) is 17.3. The fourth-order valence-electron chi connectivity index (χ4n) is 3.16. The van der Waals surface area contributed by atoms with E-state index in [-0.39, 0.29) is 11.7 Å². The van der Waals surface area contributed by atoms with Crippen LogP contribution in [0.3, 0.4) is 0 Å². The Morgan fingerprint density at radius 1 is 1.29 bits per heavy atom. The molecule has 1 aromatic carbocycles. The molecule has 3 nitrogen and oxygen atoms in total. The summed E-state index contributed by atoms with van der Waals surface area (Å²) < 4.78 is 13.0. The first-order valence-corrected chi connectivity index (χ1v) is 8.47. The van der Waals surface area contributed by atoms with Crippen molar-refractivity contribution in [3.05, 3.63) is 63.7 Å². The second-order valence-corrected chi connectivity index (χ2v) is 7.28. The van der Waals surface area contributed by atoms with Crippen molar-refractivity contribution >= 4 is 17.5 Å². The van der Waals surface area contributed by atoms with Gasteiger partial charge in [-0.3, -0.25) is 9.78 Å². The first-order valence-electron chi connectivity index (χ1n) is 8.09. The van der Waals surface area contributed by atoms with Crippen molar-refractivity contribution in [2.24, 2.45) is 0 Å². The Bertz CT molecular complexity index is 772. The van der Waals surface area contributed by atoms with Crippen LogP contribution < -0.4 is 5.32 Å². The Balaban J connectivity index is 1.75. The van der Waals surface area contributed by atoms with Crippen LogP contribution in [0.15, 0.2) is 30.5 Å². The number of rotatable bonds is 4. The van der Waals surface area contributed by atoms with E-state index < -0.39 is 5.54 Å². The normalized spacial score (nSPS) is 13.7. The minimum Gasteiger partial charge on any atom is -0.347 e. The van der Waals surface area contributed by atoms with Gasteiger partial charge in [-0.05, 0) is 62.8 Å². The van der Waals surface area contributed by atoms with E-state index in [0.29, 0.717) is 17.0 Å². The van der Waals surface area contributed by atoms with Crippen molar-refractivity contribution in [1.29, 1.82) is 0 Å². The quantitative estimate of drug-likeness (QED) is 0.905. The summed E-state index contributed by atoms with van der Waals surface area (Å²) in [6.07, 6.45) is 4.99. The second kappa shape index (κ2) is 6.52. The molecule has 1 amide bonds. The van der Waals surface area contributed by atoms with Crippen LogP contribution in [0.25, 0.3) is 0 Å². The topological polar surface area (TPSA) is 42.0 Å². The van der Waals surface area contributed by atoms with Crippen LogP contribution >= 0.6 is 11.6 Å². The summed E-state index contributed by atoms with van der Waals surface area (Å²) in [6.45, 7) is 3.87. The molecular formula is C19H20ClFN2O. The highest BCUT2D eigenvalue weighted by molar-refractivity contribution is 6.34. The maximum atomic E-state index is 13.0. The molecule has 1 aliphatic rings. The van der Waals surface area contributed by atoms with Crippen LogP contribution in [0.1, 0.15) is 47.4 Å². The zero-order valence-corrected chi connectivity index (χ0v) is 14.6. The average molecular weight is 347 g/mol. The predicted octanol–water partition coefficient (Wildman–Crippen LogP) is 4.11. The van der Waals surface area contributed by atoms with Crippen molar-refractivity contribution in [2.75, 3.05) is 0 Å². The molecule has 0 spiro atoms. The fraction of sp³-hybridized carbons (Fsp3) is 0.368. The van der Waals surface area contributed by atoms with E-state index in [1.54, 1.807) is 18.3 Å². The van der Waals surface area contributed by atoms with Crippen LogP contribution in [0.5, 0.6) is 0 Å². The third-order valence-corrected chi connectivity index (χ3v) is 4.73. The number of carbonyl (C=O) groups is 1. The molecule has 1 N–H and O–H groups in total. The molecule has 1 heterocycles. The molecule has 0 saturated carbocycles. The third-order valence-electron chi connectivity index (χ3n) is 4.30. The number of hydrogen-bond donors (Lipinski definition) is 1. The summed E-state index contributed by atoms with van der Waals surface area (Å²) >= 11 is 6.41. The number of aryl methyl sites for hydroxylation is 1. The number of nitrogens with zero attached hydrogens (tertiary/aromatic N) is 1. The van der Waals surface area contributed by atoms with Crippen LogP contribution in [0, 0.1) is 5.82 Å². The number of benzene rings is 1. The predicted molar refractivity (Wildman–Crippen MR) is 92.9 cm³/mol. The first kappa shape index (κ1) is 16.9. The van der Waals surface area contributed by atoms with Crippen LogP contribution in [0.2, 0.25) is 5.02 Å². The third kappa shape index (κ3) is 3.59. The van der Waals surface area contributed by atoms with Gasteiger partial charge in [0.1, 0.15) is 5.82 Å². The molecular weight excluding hydrogens is 327 g/mol. The lowest BCUT2D eigenvalue weighted by molar-refractivity contribution is 0.0912. The largest absolute Gasteiger partial charge is 0.347 e. The highest BCUT2D eigenvalue weighted by atomic mass is 35.5. The van der Waals surface area contributed by atoms with Crippen LogP contribution in [0.4, 0.5) is 4.39 Å². The summed E-state index contributed by atoms with van der Waals surface area (Å²) in [4.78, 5) is 17.0. The smallest absolute Gasteiger partial charge is 0.254 e. The van der Waals surface area contributed by atoms with E-state index in [4.69, 9.17) is 11.6 Å². The molecule has 0 atom stereocenters. The van der Waals surface area contributed by atoms with E-state index in [1.165, 1.54) is 12.1 Å². The Hall–Kier alpha value is -1.94. The summed E-state index contributed by atoms with van der Waals surface area (Å²) in [6, 6.07) is 6.31. The van der Waals surface area contributed by atoms with Crippen LogP contribution in [-0.2, 0) is 19.3 Å². The molecule has 5 heteroatoms. The number of fused-ring (bicyclic) bond motifs is 1. The van der Waals surface area contributed by atoms with Gasteiger partial charge in [0.05, 0.1) is 10.6 Å². The van der Waals surface area contributed by atoms with E-state index >= 15 is 0 Å². The molecule has 2 aromatic rings. The zero-order valence-electron chi connectivity index (χ0n) is 13.8. The van der Waals surface area contributed by atoms with Crippen molar-refractivity contribution in [1.82, 2.24) is 10.3 Å². The first-order chi connectivity index (χ1) is 11.4. The molecule has 0 saturated heterocycles. The molecule has 126 valence electrons. The minimum atomic E-state index is -0.489. The minimum absolute atomic E-state index is 0.227. The van der Waals surface area contributed by atoms with Gasteiger partial charge in [-0.1, -0.05) is 23.7 Å². The number of amides is 1. The molecule has 0 aliphatic heterocycles. The number of nitrogens with one attached hydrogen (secondary N) is 1. The van der Waals surface area contributed by atoms with Crippen molar-refractivity contribution in [2.45, 2.75) is 45.1 Å². The van der Waals surface area contributed by atoms with Gasteiger partial charge in [-0.25, -0.2) is 4.39 Å². The number of pyridine rings is 1. The summed E-state index contributed by atoms with van der Waals surface area (Å²) in [5.41, 5.74) is 2.89. The SMILES string of the molecule is CC(C)(Cc1ccc(F)cc1)NC(=O)c1cnc2c(c1Cl)CCC2. The Labute approximate surface area is 146 Å². The molecule has 3 rings (SSSR count). The van der Waals surface area contributed by atoms with Gasteiger partial charge in [0.25, 0.3) is 5.91 Å². The van der Waals surface area contributed by atoms with Gasteiger partial charge in [0.15, 0.2) is 0 Å². The molecule has 0 unspecified atom stereocenters. The molecule has 24 heavy (non-hydrogen) atoms. The number of aromatic nitrogens is 1. The lowest BCUT2D eigenvalue weighted by Crippen LogP contribution is -2.45. The molecule has 1 aromatic heterocycles. The molecule has 0 bridgehead atoms. The molecule has 0 fully saturated rings. The van der Waals surface area contributed by atoms with Gasteiger partial charge in [-0.2, -0.15) is 0 Å². The monoisotopic (exact) mass is 346 g/mol. The molecule has 1 aliphatic carbocycles. The van der Waals surface area contributed by atoms with E-state index in [2.05, 4.69) is 10.3 Å². The Kier molecular flexibility index (Phi) is 4.59. The van der Waals surface area contributed by atoms with Crippen molar-refractivity contribution in [3.63, 3.8) is 0 Å². The van der Waals surface area contributed by atoms with Gasteiger partial charge in [0.2, 0.25) is 0 Å². The van der Waals surface area contributed by atoms with E-state index in [9.17, 15) is 9.18 Å². The number of hydrogen-bond acceptors (Lipinski definition) is 2. The number of halogens is 2. The fourth-order valence-corrected chi connectivity index (χ4v) is 3.50. The molecule has 0 radical (unpaired) electrons. The maximum Gasteiger partial charge on any atom is 0.254 e. The van der Waals surface area contributed by atoms with E-state index in [1.807, 2.05) is 13.8 Å². The van der Waals surface area contributed by atoms with Gasteiger partial charge in [-0.15, -0.1) is 0 Å². The lowest BCUT2D eigenvalue weighted by atomic mass is 9.94. The number of carbonyl (C=O) groups excluding carboxylic acids is 1. The second-order valence-electron chi connectivity index (χ2n) is 6.91. The maximum absolute atomic E-state index is 13.0. The van der Waals surface area contributed by atoms with Gasteiger partial charge < -0.3 is 5.32 Å². The van der Waals surface area contributed by atoms with E-state index in [0.717, 1.165) is 36.1 Å².